The van der Waals surface area contributed by atoms with Crippen molar-refractivity contribution in [2.45, 2.75) is 6.92 Å². The minimum atomic E-state index is -0.517. The summed E-state index contributed by atoms with van der Waals surface area (Å²) in [7, 11) is 1.58. The number of hydrogen-bond acceptors (Lipinski definition) is 5. The zero-order valence-electron chi connectivity index (χ0n) is 11.4. The number of aromatic nitrogens is 3. The molecule has 2 rings (SSSR count). The number of carbonyl (C=O) groups excluding carboxylic acids is 1. The fourth-order valence-electron chi connectivity index (χ4n) is 1.62. The van der Waals surface area contributed by atoms with Gasteiger partial charge in [-0.2, -0.15) is 9.90 Å². The summed E-state index contributed by atoms with van der Waals surface area (Å²) in [6.45, 7) is 5.33. The molecule has 20 heavy (non-hydrogen) atoms. The van der Waals surface area contributed by atoms with Crippen molar-refractivity contribution in [3.05, 3.63) is 48.3 Å². The molecule has 0 amide bonds. The molecule has 0 bridgehead atoms. The number of benzene rings is 1. The Labute approximate surface area is 116 Å². The van der Waals surface area contributed by atoms with Gasteiger partial charge in [0.2, 0.25) is 0 Å². The molecule has 1 aromatic heterocycles. The van der Waals surface area contributed by atoms with E-state index in [2.05, 4.69) is 16.8 Å². The molecule has 2 aromatic rings. The van der Waals surface area contributed by atoms with E-state index < -0.39 is 5.97 Å². The molecule has 0 saturated heterocycles. The Bertz CT molecular complexity index is 634. The molecule has 0 radical (unpaired) electrons. The van der Waals surface area contributed by atoms with E-state index in [0.29, 0.717) is 17.1 Å². The van der Waals surface area contributed by atoms with Gasteiger partial charge < -0.3 is 9.47 Å². The molecule has 1 heterocycles. The number of esters is 1. The number of nitrogens with zero attached hydrogens (tertiary/aromatic N) is 3. The molecular weight excluding hydrogens is 258 g/mol. The highest BCUT2D eigenvalue weighted by Crippen LogP contribution is 2.16. The number of aryl methyl sites for hydroxylation is 1. The Morgan fingerprint density at radius 2 is 2.25 bits per heavy atom. The van der Waals surface area contributed by atoms with Crippen LogP contribution >= 0.6 is 0 Å². The molecule has 0 unspecified atom stereocenters. The van der Waals surface area contributed by atoms with E-state index in [1.807, 2.05) is 18.2 Å². The minimum absolute atomic E-state index is 0.143. The van der Waals surface area contributed by atoms with Gasteiger partial charge in [0, 0.05) is 6.07 Å². The first-order valence-electron chi connectivity index (χ1n) is 6.02. The van der Waals surface area contributed by atoms with Crippen LogP contribution in [0.3, 0.4) is 0 Å². The molecular formula is C14H15N3O3. The number of carbonyl (C=O) groups is 1. The molecule has 0 spiro atoms. The predicted octanol–water partition coefficient (Wildman–Crippen LogP) is 1.93. The fraction of sp³-hybridized carbons (Fsp3) is 0.214. The van der Waals surface area contributed by atoms with Gasteiger partial charge in [0.1, 0.15) is 12.4 Å². The Morgan fingerprint density at radius 3 is 2.95 bits per heavy atom. The van der Waals surface area contributed by atoms with Gasteiger partial charge in [0.25, 0.3) is 0 Å². The summed E-state index contributed by atoms with van der Waals surface area (Å²) >= 11 is 0. The summed E-state index contributed by atoms with van der Waals surface area (Å²) in [6, 6.07) is 7.24. The van der Waals surface area contributed by atoms with E-state index in [-0.39, 0.29) is 12.3 Å². The maximum atomic E-state index is 11.8. The average molecular weight is 273 g/mol. The monoisotopic (exact) mass is 273 g/mol. The Hall–Kier alpha value is -2.63. The van der Waals surface area contributed by atoms with Gasteiger partial charge in [0.15, 0.2) is 5.69 Å². The van der Waals surface area contributed by atoms with E-state index in [1.165, 1.54) is 10.9 Å². The quantitative estimate of drug-likeness (QED) is 0.615. The number of methoxy groups -OCH3 is 1. The normalized spacial score (nSPS) is 10.1. The van der Waals surface area contributed by atoms with Crippen molar-refractivity contribution < 1.29 is 14.3 Å². The molecule has 1 aromatic carbocycles. The summed E-state index contributed by atoms with van der Waals surface area (Å²) in [5.74, 6) is 0.171. The van der Waals surface area contributed by atoms with Crippen molar-refractivity contribution >= 4 is 5.97 Å². The highest BCUT2D eigenvalue weighted by atomic mass is 16.5. The number of rotatable bonds is 5. The molecule has 0 saturated carbocycles. The predicted molar refractivity (Wildman–Crippen MR) is 73.1 cm³/mol. The standard InChI is InChI=1S/C14H15N3O3/c1-4-8-20-14(18)13-10(2)15-17(16-13)11-6-5-7-12(9-11)19-3/h4-7,9H,1,8H2,2-3H3. The van der Waals surface area contributed by atoms with Gasteiger partial charge in [0.05, 0.1) is 18.5 Å². The van der Waals surface area contributed by atoms with Crippen molar-refractivity contribution in [3.8, 4) is 11.4 Å². The molecule has 0 fully saturated rings. The van der Waals surface area contributed by atoms with Gasteiger partial charge in [-0.25, -0.2) is 4.79 Å². The van der Waals surface area contributed by atoms with Gasteiger partial charge in [-0.15, -0.1) is 5.10 Å². The SMILES string of the molecule is C=CCOC(=O)c1nn(-c2cccc(OC)c2)nc1C. The van der Waals surface area contributed by atoms with E-state index in [0.717, 1.165) is 0 Å². The van der Waals surface area contributed by atoms with Crippen LogP contribution in [0.1, 0.15) is 16.2 Å². The Kier molecular flexibility index (Phi) is 4.14. The summed E-state index contributed by atoms with van der Waals surface area (Å²) in [4.78, 5) is 13.2. The molecule has 104 valence electrons. The molecule has 0 N–H and O–H groups in total. The third-order valence-corrected chi connectivity index (χ3v) is 2.59. The minimum Gasteiger partial charge on any atom is -0.497 e. The van der Waals surface area contributed by atoms with Crippen LogP contribution in [0.5, 0.6) is 5.75 Å². The van der Waals surface area contributed by atoms with Crippen LogP contribution in [-0.2, 0) is 4.74 Å². The topological polar surface area (TPSA) is 66.2 Å². The van der Waals surface area contributed by atoms with Gasteiger partial charge in [-0.05, 0) is 19.1 Å². The maximum absolute atomic E-state index is 11.8. The molecule has 6 heteroatoms. The third kappa shape index (κ3) is 2.85. The summed E-state index contributed by atoms with van der Waals surface area (Å²) < 4.78 is 10.1. The lowest BCUT2D eigenvalue weighted by Gasteiger charge is -2.02. The van der Waals surface area contributed by atoms with Crippen LogP contribution in [-0.4, -0.2) is 34.7 Å². The lowest BCUT2D eigenvalue weighted by molar-refractivity contribution is 0.0541. The van der Waals surface area contributed by atoms with E-state index in [4.69, 9.17) is 9.47 Å². The van der Waals surface area contributed by atoms with Crippen LogP contribution in [0.4, 0.5) is 0 Å². The van der Waals surface area contributed by atoms with Gasteiger partial charge in [-0.3, -0.25) is 0 Å². The van der Waals surface area contributed by atoms with E-state index in [1.54, 1.807) is 20.1 Å². The second-order valence-electron chi connectivity index (χ2n) is 4.01. The van der Waals surface area contributed by atoms with Gasteiger partial charge in [-0.1, -0.05) is 18.7 Å². The lowest BCUT2D eigenvalue weighted by atomic mass is 10.3. The van der Waals surface area contributed by atoms with Crippen LogP contribution in [0.2, 0.25) is 0 Å². The smallest absolute Gasteiger partial charge is 0.361 e. The van der Waals surface area contributed by atoms with Crippen LogP contribution in [0, 0.1) is 6.92 Å². The van der Waals surface area contributed by atoms with Gasteiger partial charge >= 0.3 is 5.97 Å². The second kappa shape index (κ2) is 6.01. The van der Waals surface area contributed by atoms with E-state index >= 15 is 0 Å². The first-order valence-corrected chi connectivity index (χ1v) is 6.02. The lowest BCUT2D eigenvalue weighted by Crippen LogP contribution is -2.08. The van der Waals surface area contributed by atoms with Crippen molar-refractivity contribution in [2.75, 3.05) is 13.7 Å². The zero-order valence-corrected chi connectivity index (χ0v) is 11.4. The second-order valence-corrected chi connectivity index (χ2v) is 4.01. The Balaban J connectivity index is 2.30. The zero-order chi connectivity index (χ0) is 14.5. The fourth-order valence-corrected chi connectivity index (χ4v) is 1.62. The van der Waals surface area contributed by atoms with Crippen molar-refractivity contribution in [1.82, 2.24) is 15.0 Å². The molecule has 0 atom stereocenters. The first-order chi connectivity index (χ1) is 9.65. The van der Waals surface area contributed by atoms with Crippen molar-refractivity contribution in [1.29, 1.82) is 0 Å². The third-order valence-electron chi connectivity index (χ3n) is 2.59. The number of hydrogen-bond donors (Lipinski definition) is 0. The molecule has 0 aliphatic rings. The first kappa shape index (κ1) is 13.8. The van der Waals surface area contributed by atoms with Crippen molar-refractivity contribution in [2.24, 2.45) is 0 Å². The molecule has 0 aliphatic carbocycles. The number of ether oxygens (including phenoxy) is 2. The largest absolute Gasteiger partial charge is 0.497 e. The van der Waals surface area contributed by atoms with Crippen LogP contribution < -0.4 is 4.74 Å². The molecule has 0 aliphatic heterocycles. The van der Waals surface area contributed by atoms with Crippen LogP contribution in [0.15, 0.2) is 36.9 Å². The van der Waals surface area contributed by atoms with E-state index in [9.17, 15) is 4.79 Å². The summed E-state index contributed by atoms with van der Waals surface area (Å²) in [5, 5.41) is 8.36. The van der Waals surface area contributed by atoms with Crippen molar-refractivity contribution in [3.63, 3.8) is 0 Å². The highest BCUT2D eigenvalue weighted by Gasteiger charge is 2.17. The highest BCUT2D eigenvalue weighted by molar-refractivity contribution is 5.88. The average Bonchev–Trinajstić information content (AvgIpc) is 2.87. The molecule has 6 nitrogen and oxygen atoms in total. The van der Waals surface area contributed by atoms with Crippen LogP contribution in [0.25, 0.3) is 5.69 Å². The summed E-state index contributed by atoms with van der Waals surface area (Å²) in [6.07, 6.45) is 1.50. The Morgan fingerprint density at radius 1 is 1.45 bits per heavy atom. The maximum Gasteiger partial charge on any atom is 0.361 e. The summed E-state index contributed by atoms with van der Waals surface area (Å²) in [5.41, 5.74) is 1.40.